The number of hydrogen-bond donors (Lipinski definition) is 0. The van der Waals surface area contributed by atoms with Crippen LogP contribution in [0.25, 0.3) is 0 Å². The largest absolute Gasteiger partial charge is 0.457 e. The maximum atomic E-state index is 12.8. The molecule has 4 fully saturated rings. The molecule has 114 valence electrons. The van der Waals surface area contributed by atoms with Gasteiger partial charge < -0.3 is 9.64 Å². The van der Waals surface area contributed by atoms with Crippen LogP contribution in [0.5, 0.6) is 0 Å². The minimum Gasteiger partial charge on any atom is -0.457 e. The summed E-state index contributed by atoms with van der Waals surface area (Å²) in [5.41, 5.74) is 0. The monoisotopic (exact) mass is 289 g/mol. The van der Waals surface area contributed by atoms with Gasteiger partial charge in [-0.15, -0.1) is 0 Å². The Morgan fingerprint density at radius 3 is 2.71 bits per heavy atom. The Labute approximate surface area is 125 Å². The fourth-order valence-electron chi connectivity index (χ4n) is 5.40. The second-order valence-electron chi connectivity index (χ2n) is 7.14. The molecule has 1 amide bonds. The quantitative estimate of drug-likeness (QED) is 0.591. The molecule has 4 aliphatic rings. The summed E-state index contributed by atoms with van der Waals surface area (Å²) in [6, 6.07) is 0.527. The Hall–Kier alpha value is -1.32. The lowest BCUT2D eigenvalue weighted by Crippen LogP contribution is -2.49. The van der Waals surface area contributed by atoms with Crippen molar-refractivity contribution in [2.45, 2.75) is 63.1 Å². The third-order valence-electron chi connectivity index (χ3n) is 6.17. The Bertz CT molecular complexity index is 482. The van der Waals surface area contributed by atoms with Crippen molar-refractivity contribution in [3.8, 4) is 0 Å². The van der Waals surface area contributed by atoms with Crippen molar-refractivity contribution in [3.63, 3.8) is 0 Å². The van der Waals surface area contributed by atoms with Gasteiger partial charge in [0.25, 0.3) is 0 Å². The molecule has 2 bridgehead atoms. The molecule has 3 saturated carbocycles. The van der Waals surface area contributed by atoms with E-state index in [0.29, 0.717) is 23.8 Å². The number of nitrogens with zero attached hydrogens (tertiary/aromatic N) is 1. The third kappa shape index (κ3) is 1.87. The average Bonchev–Trinajstić information content (AvgIpc) is 3.12. The van der Waals surface area contributed by atoms with Crippen LogP contribution in [0, 0.1) is 17.8 Å². The third-order valence-corrected chi connectivity index (χ3v) is 6.17. The minimum atomic E-state index is -0.341. The molecule has 21 heavy (non-hydrogen) atoms. The van der Waals surface area contributed by atoms with Crippen molar-refractivity contribution in [1.82, 2.24) is 4.90 Å². The molecule has 0 aromatic carbocycles. The summed E-state index contributed by atoms with van der Waals surface area (Å²) in [4.78, 5) is 26.6. The van der Waals surface area contributed by atoms with Gasteiger partial charge in [0, 0.05) is 18.0 Å². The van der Waals surface area contributed by atoms with Gasteiger partial charge in [0.1, 0.15) is 6.10 Å². The number of fused-ring (bicyclic) bond motifs is 1. The summed E-state index contributed by atoms with van der Waals surface area (Å²) in [6.45, 7) is 3.49. The Morgan fingerprint density at radius 2 is 2.00 bits per heavy atom. The van der Waals surface area contributed by atoms with E-state index in [9.17, 15) is 9.59 Å². The van der Waals surface area contributed by atoms with Crippen molar-refractivity contribution < 1.29 is 14.3 Å². The Balaban J connectivity index is 1.60. The number of ether oxygens (including phenoxy) is 1. The van der Waals surface area contributed by atoms with Crippen molar-refractivity contribution in [1.29, 1.82) is 0 Å². The van der Waals surface area contributed by atoms with E-state index in [4.69, 9.17) is 4.74 Å². The van der Waals surface area contributed by atoms with Gasteiger partial charge in [-0.05, 0) is 37.5 Å². The molecule has 0 radical (unpaired) electrons. The van der Waals surface area contributed by atoms with Gasteiger partial charge in [-0.1, -0.05) is 25.8 Å². The zero-order valence-corrected chi connectivity index (χ0v) is 12.4. The molecular formula is C17H23NO3. The first-order chi connectivity index (χ1) is 10.2. The van der Waals surface area contributed by atoms with Gasteiger partial charge in [0.15, 0.2) is 0 Å². The number of carbonyl (C=O) groups is 2. The second-order valence-corrected chi connectivity index (χ2v) is 7.14. The van der Waals surface area contributed by atoms with E-state index >= 15 is 0 Å². The van der Waals surface area contributed by atoms with Crippen LogP contribution in [0.15, 0.2) is 12.7 Å². The highest BCUT2D eigenvalue weighted by Gasteiger charge is 2.65. The first-order valence-electron chi connectivity index (χ1n) is 8.36. The standard InChI is InChI=1S/C17H23NO3/c1-2-14(19)21-16-10-8-12-13(9-10)17(20)18(15(12)16)11-6-4-3-5-7-11/h2,10-13,15-16H,1,3-9H2. The van der Waals surface area contributed by atoms with Gasteiger partial charge in [-0.3, -0.25) is 4.79 Å². The molecule has 1 heterocycles. The molecule has 0 aromatic heterocycles. The second kappa shape index (κ2) is 4.85. The molecule has 0 N–H and O–H groups in total. The van der Waals surface area contributed by atoms with E-state index in [1.54, 1.807) is 0 Å². The van der Waals surface area contributed by atoms with Crippen molar-refractivity contribution >= 4 is 11.9 Å². The number of hydrogen-bond acceptors (Lipinski definition) is 3. The Morgan fingerprint density at radius 1 is 1.24 bits per heavy atom. The van der Waals surface area contributed by atoms with E-state index in [0.717, 1.165) is 25.7 Å². The van der Waals surface area contributed by atoms with E-state index in [-0.39, 0.29) is 24.0 Å². The zero-order chi connectivity index (χ0) is 14.6. The number of carbonyl (C=O) groups excluding carboxylic acids is 2. The lowest BCUT2D eigenvalue weighted by molar-refractivity contribution is -0.150. The van der Waals surface area contributed by atoms with E-state index < -0.39 is 0 Å². The number of amides is 1. The lowest BCUT2D eigenvalue weighted by atomic mass is 9.87. The normalized spacial score (nSPS) is 41.6. The van der Waals surface area contributed by atoms with Gasteiger partial charge >= 0.3 is 5.97 Å². The van der Waals surface area contributed by atoms with Crippen molar-refractivity contribution in [2.75, 3.05) is 0 Å². The summed E-state index contributed by atoms with van der Waals surface area (Å²) < 4.78 is 5.64. The highest BCUT2D eigenvalue weighted by atomic mass is 16.5. The van der Waals surface area contributed by atoms with Crippen LogP contribution in [0.4, 0.5) is 0 Å². The fourth-order valence-corrected chi connectivity index (χ4v) is 5.40. The SMILES string of the molecule is C=CC(=O)OC1C2CC3C(=O)N(C4CCCCC4)C1C3C2. The molecule has 1 saturated heterocycles. The van der Waals surface area contributed by atoms with Crippen LogP contribution >= 0.6 is 0 Å². The molecule has 4 heteroatoms. The molecule has 0 aromatic rings. The molecule has 1 aliphatic heterocycles. The highest BCUT2D eigenvalue weighted by Crippen LogP contribution is 2.57. The Kier molecular flexibility index (Phi) is 3.09. The van der Waals surface area contributed by atoms with Gasteiger partial charge in [0.2, 0.25) is 5.91 Å². The lowest BCUT2D eigenvalue weighted by Gasteiger charge is -2.38. The van der Waals surface area contributed by atoms with Crippen LogP contribution in [0.1, 0.15) is 44.9 Å². The van der Waals surface area contributed by atoms with Crippen LogP contribution in [-0.4, -0.2) is 35.0 Å². The van der Waals surface area contributed by atoms with Crippen molar-refractivity contribution in [3.05, 3.63) is 12.7 Å². The summed E-state index contributed by atoms with van der Waals surface area (Å²) >= 11 is 0. The molecule has 3 aliphatic carbocycles. The zero-order valence-electron chi connectivity index (χ0n) is 12.4. The molecular weight excluding hydrogens is 266 g/mol. The van der Waals surface area contributed by atoms with E-state index in [1.165, 1.54) is 25.3 Å². The van der Waals surface area contributed by atoms with Crippen LogP contribution < -0.4 is 0 Å². The number of likely N-dealkylation sites (tertiary alicyclic amines) is 1. The summed E-state index contributed by atoms with van der Waals surface area (Å²) in [6.07, 6.45) is 9.08. The molecule has 4 rings (SSSR count). The molecule has 0 spiro atoms. The summed E-state index contributed by atoms with van der Waals surface area (Å²) in [5.74, 6) is 1.02. The van der Waals surface area contributed by atoms with Crippen molar-refractivity contribution in [2.24, 2.45) is 17.8 Å². The fraction of sp³-hybridized carbons (Fsp3) is 0.765. The van der Waals surface area contributed by atoms with Crippen LogP contribution in [0.2, 0.25) is 0 Å². The minimum absolute atomic E-state index is 0.0925. The van der Waals surface area contributed by atoms with E-state index in [2.05, 4.69) is 11.5 Å². The molecule has 5 atom stereocenters. The predicted molar refractivity (Wildman–Crippen MR) is 77.3 cm³/mol. The summed E-state index contributed by atoms with van der Waals surface area (Å²) in [7, 11) is 0. The van der Waals surface area contributed by atoms with E-state index in [1.807, 2.05) is 0 Å². The molecule has 4 nitrogen and oxygen atoms in total. The topological polar surface area (TPSA) is 46.6 Å². The van der Waals surface area contributed by atoms with Crippen LogP contribution in [0.3, 0.4) is 0 Å². The average molecular weight is 289 g/mol. The smallest absolute Gasteiger partial charge is 0.330 e. The predicted octanol–water partition coefficient (Wildman–Crippen LogP) is 2.28. The maximum Gasteiger partial charge on any atom is 0.330 e. The van der Waals surface area contributed by atoms with Gasteiger partial charge in [-0.25, -0.2) is 4.79 Å². The first-order valence-corrected chi connectivity index (χ1v) is 8.36. The van der Waals surface area contributed by atoms with Gasteiger partial charge in [0.05, 0.1) is 6.04 Å². The van der Waals surface area contributed by atoms with Crippen LogP contribution in [-0.2, 0) is 14.3 Å². The number of esters is 1. The number of rotatable bonds is 3. The van der Waals surface area contributed by atoms with Gasteiger partial charge in [-0.2, -0.15) is 0 Å². The maximum absolute atomic E-state index is 12.8. The molecule has 5 unspecified atom stereocenters. The highest BCUT2D eigenvalue weighted by molar-refractivity contribution is 5.85. The summed E-state index contributed by atoms with van der Waals surface area (Å²) in [5, 5.41) is 0. The first kappa shape index (κ1) is 13.4.